The second-order valence-electron chi connectivity index (χ2n) is 3.97. The van der Waals surface area contributed by atoms with E-state index in [4.69, 9.17) is 5.11 Å². The Kier molecular flexibility index (Phi) is 3.23. The second-order valence-corrected chi connectivity index (χ2v) is 3.97. The zero-order valence-electron chi connectivity index (χ0n) is 10.2. The minimum Gasteiger partial charge on any atom is -0.476 e. The molecule has 0 aliphatic heterocycles. The molecular weight excluding hydrogens is 230 g/mol. The third-order valence-corrected chi connectivity index (χ3v) is 2.57. The molecule has 18 heavy (non-hydrogen) atoms. The molecule has 0 atom stereocenters. The minimum absolute atomic E-state index is 0.0630. The maximum atomic E-state index is 10.8. The lowest BCUT2D eigenvalue weighted by Crippen LogP contribution is -2.13. The number of nitrogens with zero attached hydrogens (tertiary/aromatic N) is 3. The van der Waals surface area contributed by atoms with Gasteiger partial charge >= 0.3 is 5.97 Å². The first kappa shape index (κ1) is 12.0. The predicted octanol–water partition coefficient (Wildman–Crippen LogP) is 2.25. The zero-order chi connectivity index (χ0) is 13.1. The van der Waals surface area contributed by atoms with Gasteiger partial charge in [0.05, 0.1) is 12.4 Å². The Hall–Kier alpha value is -2.43. The lowest BCUT2D eigenvalue weighted by molar-refractivity contribution is 0.0690. The molecule has 0 aliphatic rings. The standard InChI is InChI=1S/C13H13N3O2/c1-9-4-3-5-10(6-9)16(2)12-8-14-7-11(15-12)13(17)18/h3-8H,1-2H3,(H,17,18). The number of carbonyl (C=O) groups is 1. The van der Waals surface area contributed by atoms with Crippen LogP contribution in [0.5, 0.6) is 0 Å². The van der Waals surface area contributed by atoms with E-state index in [0.29, 0.717) is 5.82 Å². The van der Waals surface area contributed by atoms with Crippen LogP contribution >= 0.6 is 0 Å². The molecular formula is C13H13N3O2. The number of aryl methyl sites for hydroxylation is 1. The Morgan fingerprint density at radius 2 is 2.11 bits per heavy atom. The number of benzene rings is 1. The third kappa shape index (κ3) is 2.45. The van der Waals surface area contributed by atoms with Crippen LogP contribution in [0, 0.1) is 6.92 Å². The van der Waals surface area contributed by atoms with Crippen LogP contribution < -0.4 is 4.90 Å². The fourth-order valence-electron chi connectivity index (χ4n) is 1.59. The summed E-state index contributed by atoms with van der Waals surface area (Å²) in [4.78, 5) is 20.6. The summed E-state index contributed by atoms with van der Waals surface area (Å²) in [7, 11) is 1.82. The van der Waals surface area contributed by atoms with Gasteiger partial charge in [-0.15, -0.1) is 0 Å². The second kappa shape index (κ2) is 4.83. The number of rotatable bonds is 3. The molecule has 0 fully saturated rings. The maximum absolute atomic E-state index is 10.8. The van der Waals surface area contributed by atoms with Crippen molar-refractivity contribution in [2.24, 2.45) is 0 Å². The van der Waals surface area contributed by atoms with E-state index in [2.05, 4.69) is 9.97 Å². The first-order valence-corrected chi connectivity index (χ1v) is 5.43. The first-order chi connectivity index (χ1) is 8.58. The summed E-state index contributed by atoms with van der Waals surface area (Å²) in [6, 6.07) is 7.86. The first-order valence-electron chi connectivity index (χ1n) is 5.43. The molecule has 5 nitrogen and oxygen atoms in total. The Labute approximate surface area is 105 Å². The molecule has 1 aromatic carbocycles. The van der Waals surface area contributed by atoms with Crippen molar-refractivity contribution in [1.82, 2.24) is 9.97 Å². The highest BCUT2D eigenvalue weighted by atomic mass is 16.4. The van der Waals surface area contributed by atoms with Crippen molar-refractivity contribution < 1.29 is 9.90 Å². The van der Waals surface area contributed by atoms with Crippen LogP contribution in [0.1, 0.15) is 16.1 Å². The van der Waals surface area contributed by atoms with Crippen LogP contribution in [-0.4, -0.2) is 28.1 Å². The molecule has 1 aromatic heterocycles. The molecule has 92 valence electrons. The van der Waals surface area contributed by atoms with E-state index >= 15 is 0 Å². The maximum Gasteiger partial charge on any atom is 0.356 e. The Balaban J connectivity index is 2.36. The molecule has 1 heterocycles. The number of hydrogen-bond donors (Lipinski definition) is 1. The van der Waals surface area contributed by atoms with Gasteiger partial charge in [-0.3, -0.25) is 4.98 Å². The highest BCUT2D eigenvalue weighted by Gasteiger charge is 2.10. The summed E-state index contributed by atoms with van der Waals surface area (Å²) in [6.45, 7) is 2.00. The van der Waals surface area contributed by atoms with E-state index in [1.807, 2.05) is 38.2 Å². The fourth-order valence-corrected chi connectivity index (χ4v) is 1.59. The lowest BCUT2D eigenvalue weighted by Gasteiger charge is -2.18. The van der Waals surface area contributed by atoms with E-state index in [1.165, 1.54) is 12.4 Å². The van der Waals surface area contributed by atoms with E-state index < -0.39 is 5.97 Å². The number of carboxylic acid groups (broad SMARTS) is 1. The minimum atomic E-state index is -1.08. The van der Waals surface area contributed by atoms with Crippen molar-refractivity contribution in [1.29, 1.82) is 0 Å². The van der Waals surface area contributed by atoms with Gasteiger partial charge in [0.1, 0.15) is 0 Å². The lowest BCUT2D eigenvalue weighted by atomic mass is 10.2. The Bertz CT molecular complexity index is 584. The molecule has 0 saturated carbocycles. The van der Waals surface area contributed by atoms with Crippen LogP contribution in [0.15, 0.2) is 36.7 Å². The number of aromatic nitrogens is 2. The van der Waals surface area contributed by atoms with Crippen LogP contribution in [-0.2, 0) is 0 Å². The fraction of sp³-hybridized carbons (Fsp3) is 0.154. The van der Waals surface area contributed by atoms with Crippen molar-refractivity contribution in [3.05, 3.63) is 47.9 Å². The summed E-state index contributed by atoms with van der Waals surface area (Å²) < 4.78 is 0. The zero-order valence-corrected chi connectivity index (χ0v) is 10.2. The van der Waals surface area contributed by atoms with E-state index in [-0.39, 0.29) is 5.69 Å². The molecule has 2 rings (SSSR count). The van der Waals surface area contributed by atoms with Gasteiger partial charge in [0.2, 0.25) is 0 Å². The summed E-state index contributed by atoms with van der Waals surface area (Å²) in [5, 5.41) is 8.88. The summed E-state index contributed by atoms with van der Waals surface area (Å²) in [5.74, 6) is -0.581. The highest BCUT2D eigenvalue weighted by molar-refractivity contribution is 5.85. The van der Waals surface area contributed by atoms with Gasteiger partial charge in [-0.25, -0.2) is 9.78 Å². The van der Waals surface area contributed by atoms with Gasteiger partial charge in [-0.1, -0.05) is 12.1 Å². The molecule has 0 radical (unpaired) electrons. The van der Waals surface area contributed by atoms with Crippen LogP contribution in [0.3, 0.4) is 0 Å². The highest BCUT2D eigenvalue weighted by Crippen LogP contribution is 2.21. The topological polar surface area (TPSA) is 66.3 Å². The van der Waals surface area contributed by atoms with E-state index in [9.17, 15) is 4.79 Å². The molecule has 2 aromatic rings. The number of hydrogen-bond acceptors (Lipinski definition) is 4. The Morgan fingerprint density at radius 3 is 2.78 bits per heavy atom. The monoisotopic (exact) mass is 243 g/mol. The number of anilines is 2. The van der Waals surface area contributed by atoms with Crippen molar-refractivity contribution in [3.8, 4) is 0 Å². The quantitative estimate of drug-likeness (QED) is 0.895. The molecule has 0 aliphatic carbocycles. The summed E-state index contributed by atoms with van der Waals surface area (Å²) >= 11 is 0. The normalized spacial score (nSPS) is 10.1. The van der Waals surface area contributed by atoms with Crippen molar-refractivity contribution in [2.45, 2.75) is 6.92 Å². The molecule has 0 amide bonds. The van der Waals surface area contributed by atoms with Gasteiger partial charge in [0, 0.05) is 12.7 Å². The summed E-state index contributed by atoms with van der Waals surface area (Å²) in [6.07, 6.45) is 2.77. The summed E-state index contributed by atoms with van der Waals surface area (Å²) in [5.41, 5.74) is 2.00. The third-order valence-electron chi connectivity index (χ3n) is 2.57. The molecule has 0 unspecified atom stereocenters. The molecule has 0 spiro atoms. The van der Waals surface area contributed by atoms with Gasteiger partial charge in [0.25, 0.3) is 0 Å². The Morgan fingerprint density at radius 1 is 1.33 bits per heavy atom. The smallest absolute Gasteiger partial charge is 0.356 e. The average Bonchev–Trinajstić information content (AvgIpc) is 2.38. The number of carboxylic acids is 1. The van der Waals surface area contributed by atoms with Crippen LogP contribution in [0.4, 0.5) is 11.5 Å². The molecule has 0 saturated heterocycles. The molecule has 5 heteroatoms. The SMILES string of the molecule is Cc1cccc(N(C)c2cncc(C(=O)O)n2)c1. The molecule has 0 bridgehead atoms. The number of aromatic carboxylic acids is 1. The van der Waals surface area contributed by atoms with Gasteiger partial charge in [0.15, 0.2) is 11.5 Å². The van der Waals surface area contributed by atoms with Gasteiger partial charge < -0.3 is 10.0 Å². The van der Waals surface area contributed by atoms with Crippen LogP contribution in [0.2, 0.25) is 0 Å². The van der Waals surface area contributed by atoms with Crippen molar-refractivity contribution in [2.75, 3.05) is 11.9 Å². The van der Waals surface area contributed by atoms with E-state index in [1.54, 1.807) is 4.90 Å². The van der Waals surface area contributed by atoms with Gasteiger partial charge in [-0.05, 0) is 24.6 Å². The van der Waals surface area contributed by atoms with E-state index in [0.717, 1.165) is 11.3 Å². The largest absolute Gasteiger partial charge is 0.476 e. The predicted molar refractivity (Wildman–Crippen MR) is 68.2 cm³/mol. The van der Waals surface area contributed by atoms with Gasteiger partial charge in [-0.2, -0.15) is 0 Å². The van der Waals surface area contributed by atoms with Crippen molar-refractivity contribution in [3.63, 3.8) is 0 Å². The van der Waals surface area contributed by atoms with Crippen molar-refractivity contribution >= 4 is 17.5 Å². The molecule has 1 N–H and O–H groups in total. The van der Waals surface area contributed by atoms with Crippen LogP contribution in [0.25, 0.3) is 0 Å². The average molecular weight is 243 g/mol.